The molecule has 0 amide bonds. The number of benzene rings is 6. The van der Waals surface area contributed by atoms with Crippen LogP contribution >= 0.6 is 0 Å². The van der Waals surface area contributed by atoms with Gasteiger partial charge in [0.25, 0.3) is 0 Å². The summed E-state index contributed by atoms with van der Waals surface area (Å²) in [6, 6.07) is 43.9. The van der Waals surface area contributed by atoms with Gasteiger partial charge < -0.3 is 13.4 Å². The van der Waals surface area contributed by atoms with Gasteiger partial charge >= 0.3 is 0 Å². The standard InChI is InChI=1S/C37H20N2O2/c38-21-22-13-16-33-28(19-22)27-15-18-35-36(37(27)41-33)29-20-23(14-17-34(29)40-35)24-7-1-4-10-30(24)39-31-11-5-2-8-25(31)26-9-3-6-12-32(26)39/h1-20H. The second kappa shape index (κ2) is 8.11. The maximum absolute atomic E-state index is 9.44. The molecule has 4 nitrogen and oxygen atoms in total. The highest BCUT2D eigenvalue weighted by molar-refractivity contribution is 6.22. The zero-order valence-corrected chi connectivity index (χ0v) is 21.8. The topological polar surface area (TPSA) is 55.0 Å². The second-order valence-corrected chi connectivity index (χ2v) is 10.4. The minimum Gasteiger partial charge on any atom is -0.456 e. The summed E-state index contributed by atoms with van der Waals surface area (Å²) in [7, 11) is 0. The Morgan fingerprint density at radius 2 is 1.22 bits per heavy atom. The molecule has 0 spiro atoms. The van der Waals surface area contributed by atoms with E-state index in [1.165, 1.54) is 21.8 Å². The van der Waals surface area contributed by atoms with Crippen LogP contribution in [0.5, 0.6) is 0 Å². The third-order valence-corrected chi connectivity index (χ3v) is 8.24. The Morgan fingerprint density at radius 1 is 0.537 bits per heavy atom. The van der Waals surface area contributed by atoms with Crippen LogP contribution in [0.15, 0.2) is 130 Å². The smallest absolute Gasteiger partial charge is 0.147 e. The van der Waals surface area contributed by atoms with Crippen molar-refractivity contribution in [2.45, 2.75) is 0 Å². The molecule has 9 aromatic rings. The summed E-state index contributed by atoms with van der Waals surface area (Å²) >= 11 is 0. The molecule has 0 aliphatic heterocycles. The lowest BCUT2D eigenvalue weighted by Gasteiger charge is -2.14. The normalized spacial score (nSPS) is 11.9. The maximum Gasteiger partial charge on any atom is 0.147 e. The van der Waals surface area contributed by atoms with Gasteiger partial charge in [-0.15, -0.1) is 0 Å². The molecule has 3 aromatic heterocycles. The summed E-state index contributed by atoms with van der Waals surface area (Å²) in [6.07, 6.45) is 0. The van der Waals surface area contributed by atoms with Crippen molar-refractivity contribution >= 4 is 65.7 Å². The number of hydrogen-bond acceptors (Lipinski definition) is 3. The molecule has 190 valence electrons. The van der Waals surface area contributed by atoms with Crippen LogP contribution in [0.3, 0.4) is 0 Å². The SMILES string of the molecule is N#Cc1ccc2oc3c(ccc4oc5ccc(-c6ccccc6-n6c7ccccc7c7ccccc76)cc5c43)c2c1. The van der Waals surface area contributed by atoms with E-state index in [0.29, 0.717) is 5.56 Å². The average molecular weight is 525 g/mol. The largest absolute Gasteiger partial charge is 0.456 e. The third-order valence-electron chi connectivity index (χ3n) is 8.24. The zero-order chi connectivity index (χ0) is 27.1. The number of furan rings is 2. The van der Waals surface area contributed by atoms with Crippen molar-refractivity contribution in [3.63, 3.8) is 0 Å². The predicted molar refractivity (Wildman–Crippen MR) is 165 cm³/mol. The lowest BCUT2D eigenvalue weighted by molar-refractivity contribution is 0.663. The molecule has 0 radical (unpaired) electrons. The van der Waals surface area contributed by atoms with Crippen molar-refractivity contribution in [2.24, 2.45) is 0 Å². The number of rotatable bonds is 2. The van der Waals surface area contributed by atoms with E-state index in [-0.39, 0.29) is 0 Å². The van der Waals surface area contributed by atoms with Gasteiger partial charge in [-0.25, -0.2) is 0 Å². The number of nitrogens with zero attached hydrogens (tertiary/aromatic N) is 2. The molecule has 0 unspecified atom stereocenters. The molecular formula is C37H20N2O2. The van der Waals surface area contributed by atoms with Crippen LogP contribution in [0, 0.1) is 11.3 Å². The summed E-state index contributed by atoms with van der Waals surface area (Å²) in [4.78, 5) is 0. The first-order valence-corrected chi connectivity index (χ1v) is 13.6. The molecule has 0 saturated carbocycles. The molecule has 0 bridgehead atoms. The molecule has 4 heteroatoms. The molecule has 3 heterocycles. The molecule has 0 fully saturated rings. The van der Waals surface area contributed by atoms with E-state index >= 15 is 0 Å². The molecule has 9 rings (SSSR count). The highest BCUT2D eigenvalue weighted by Crippen LogP contribution is 2.42. The van der Waals surface area contributed by atoms with E-state index < -0.39 is 0 Å². The summed E-state index contributed by atoms with van der Waals surface area (Å²) < 4.78 is 15.0. The van der Waals surface area contributed by atoms with E-state index in [9.17, 15) is 5.26 Å². The Kier molecular flexibility index (Phi) is 4.37. The van der Waals surface area contributed by atoms with Gasteiger partial charge in [-0.05, 0) is 66.2 Å². The van der Waals surface area contributed by atoms with Gasteiger partial charge in [0.1, 0.15) is 22.3 Å². The summed E-state index contributed by atoms with van der Waals surface area (Å²) in [5.74, 6) is 0. The van der Waals surface area contributed by atoms with Gasteiger partial charge in [0, 0.05) is 32.5 Å². The number of para-hydroxylation sites is 3. The van der Waals surface area contributed by atoms with E-state index in [1.54, 1.807) is 6.07 Å². The fraction of sp³-hybridized carbons (Fsp3) is 0. The molecule has 6 aromatic carbocycles. The minimum atomic E-state index is 0.612. The van der Waals surface area contributed by atoms with E-state index in [4.69, 9.17) is 8.83 Å². The predicted octanol–water partition coefficient (Wildman–Crippen LogP) is 10.1. The van der Waals surface area contributed by atoms with Crippen LogP contribution in [-0.4, -0.2) is 4.57 Å². The Balaban J connectivity index is 1.33. The maximum atomic E-state index is 9.44. The quantitative estimate of drug-likeness (QED) is 0.226. The highest BCUT2D eigenvalue weighted by Gasteiger charge is 2.19. The molecule has 0 N–H and O–H groups in total. The van der Waals surface area contributed by atoms with Crippen LogP contribution in [-0.2, 0) is 0 Å². The molecule has 0 aliphatic rings. The van der Waals surface area contributed by atoms with Gasteiger partial charge in [0.15, 0.2) is 0 Å². The average Bonchev–Trinajstić information content (AvgIpc) is 3.69. The van der Waals surface area contributed by atoms with Crippen molar-refractivity contribution in [3.05, 3.63) is 127 Å². The Hall–Kier alpha value is -5.79. The lowest BCUT2D eigenvalue weighted by atomic mass is 10.00. The third kappa shape index (κ3) is 3.03. The van der Waals surface area contributed by atoms with Gasteiger partial charge in [-0.1, -0.05) is 60.7 Å². The fourth-order valence-electron chi connectivity index (χ4n) is 6.43. The fourth-order valence-corrected chi connectivity index (χ4v) is 6.43. The molecule has 0 aliphatic carbocycles. The lowest BCUT2D eigenvalue weighted by Crippen LogP contribution is -1.96. The van der Waals surface area contributed by atoms with Crippen molar-refractivity contribution in [1.82, 2.24) is 4.57 Å². The number of fused-ring (bicyclic) bond motifs is 10. The van der Waals surface area contributed by atoms with Gasteiger partial charge in [0.2, 0.25) is 0 Å². The second-order valence-electron chi connectivity index (χ2n) is 10.4. The summed E-state index contributed by atoms with van der Waals surface area (Å²) in [5.41, 5.74) is 9.43. The van der Waals surface area contributed by atoms with Crippen LogP contribution in [0.25, 0.3) is 82.5 Å². The Morgan fingerprint density at radius 3 is 2.02 bits per heavy atom. The van der Waals surface area contributed by atoms with Crippen LogP contribution in [0.2, 0.25) is 0 Å². The van der Waals surface area contributed by atoms with Gasteiger partial charge in [-0.3, -0.25) is 0 Å². The van der Waals surface area contributed by atoms with Crippen molar-refractivity contribution in [2.75, 3.05) is 0 Å². The van der Waals surface area contributed by atoms with E-state index in [0.717, 1.165) is 60.7 Å². The summed E-state index contributed by atoms with van der Waals surface area (Å²) in [6.45, 7) is 0. The van der Waals surface area contributed by atoms with Crippen LogP contribution in [0.1, 0.15) is 5.56 Å². The number of aromatic nitrogens is 1. The first kappa shape index (κ1) is 22.1. The monoisotopic (exact) mass is 524 g/mol. The molecule has 0 atom stereocenters. The zero-order valence-electron chi connectivity index (χ0n) is 21.8. The van der Waals surface area contributed by atoms with Crippen LogP contribution in [0.4, 0.5) is 0 Å². The minimum absolute atomic E-state index is 0.612. The van der Waals surface area contributed by atoms with Crippen molar-refractivity contribution in [3.8, 4) is 22.9 Å². The first-order chi connectivity index (χ1) is 20.3. The first-order valence-electron chi connectivity index (χ1n) is 13.6. The van der Waals surface area contributed by atoms with Gasteiger partial charge in [0.05, 0.1) is 33.7 Å². The molecule has 41 heavy (non-hydrogen) atoms. The van der Waals surface area contributed by atoms with E-state index in [1.807, 2.05) is 24.3 Å². The Bertz CT molecular complexity index is 2500. The Labute approximate surface area is 233 Å². The number of nitriles is 1. The highest BCUT2D eigenvalue weighted by atomic mass is 16.3. The van der Waals surface area contributed by atoms with E-state index in [2.05, 4.69) is 102 Å². The van der Waals surface area contributed by atoms with Crippen molar-refractivity contribution in [1.29, 1.82) is 5.26 Å². The number of hydrogen-bond donors (Lipinski definition) is 0. The summed E-state index contributed by atoms with van der Waals surface area (Å²) in [5, 5.41) is 15.8. The van der Waals surface area contributed by atoms with Crippen LogP contribution < -0.4 is 0 Å². The molecular weight excluding hydrogens is 504 g/mol. The van der Waals surface area contributed by atoms with Crippen molar-refractivity contribution < 1.29 is 8.83 Å². The molecule has 0 saturated heterocycles. The van der Waals surface area contributed by atoms with Gasteiger partial charge in [-0.2, -0.15) is 5.26 Å².